The summed E-state index contributed by atoms with van der Waals surface area (Å²) in [6, 6.07) is 8.10. The third-order valence-electron chi connectivity index (χ3n) is 3.80. The standard InChI is InChI=1S/C18H18N2O6/c1-23-14-6-10(7-15(24-2)17(14)25-3)18(22)19-11-4-5-12-13(8-11)26-9-16(21)20-12/h4-8H,9H2,1-3H3,(H,19,22)(H,20,21). The van der Waals surface area contributed by atoms with Crippen LogP contribution in [0.5, 0.6) is 23.0 Å². The summed E-state index contributed by atoms with van der Waals surface area (Å²) in [5, 5.41) is 5.47. The lowest BCUT2D eigenvalue weighted by Gasteiger charge is -2.19. The number of hydrogen-bond donors (Lipinski definition) is 2. The van der Waals surface area contributed by atoms with Crippen molar-refractivity contribution in [2.75, 3.05) is 38.6 Å². The molecule has 8 nitrogen and oxygen atoms in total. The first kappa shape index (κ1) is 17.4. The van der Waals surface area contributed by atoms with Crippen molar-refractivity contribution in [3.63, 3.8) is 0 Å². The van der Waals surface area contributed by atoms with Crippen LogP contribution in [0.4, 0.5) is 11.4 Å². The summed E-state index contributed by atoms with van der Waals surface area (Å²) < 4.78 is 21.1. The van der Waals surface area contributed by atoms with Gasteiger partial charge in [-0.1, -0.05) is 0 Å². The molecule has 0 saturated heterocycles. The Hall–Kier alpha value is -3.42. The first-order valence-electron chi connectivity index (χ1n) is 7.73. The highest BCUT2D eigenvalue weighted by molar-refractivity contribution is 6.05. The van der Waals surface area contributed by atoms with Gasteiger partial charge in [0.25, 0.3) is 11.8 Å². The van der Waals surface area contributed by atoms with E-state index in [0.717, 1.165) is 0 Å². The fraction of sp³-hybridized carbons (Fsp3) is 0.222. The van der Waals surface area contributed by atoms with Crippen LogP contribution >= 0.6 is 0 Å². The molecule has 0 bridgehead atoms. The van der Waals surface area contributed by atoms with E-state index >= 15 is 0 Å². The van der Waals surface area contributed by atoms with Gasteiger partial charge in [0, 0.05) is 17.3 Å². The van der Waals surface area contributed by atoms with Gasteiger partial charge in [-0.3, -0.25) is 9.59 Å². The highest BCUT2D eigenvalue weighted by Gasteiger charge is 2.19. The molecule has 0 spiro atoms. The maximum Gasteiger partial charge on any atom is 0.262 e. The Morgan fingerprint density at radius 2 is 1.77 bits per heavy atom. The molecule has 26 heavy (non-hydrogen) atoms. The van der Waals surface area contributed by atoms with Crippen LogP contribution in [-0.2, 0) is 4.79 Å². The molecule has 0 saturated carbocycles. The van der Waals surface area contributed by atoms with Gasteiger partial charge in [-0.2, -0.15) is 0 Å². The van der Waals surface area contributed by atoms with Crippen molar-refractivity contribution >= 4 is 23.2 Å². The van der Waals surface area contributed by atoms with Crippen LogP contribution in [0.15, 0.2) is 30.3 Å². The normalized spacial score (nSPS) is 12.3. The summed E-state index contributed by atoms with van der Waals surface area (Å²) in [6.07, 6.45) is 0. The Balaban J connectivity index is 1.85. The Kier molecular flexibility index (Phi) is 4.83. The molecular weight excluding hydrogens is 340 g/mol. The zero-order valence-corrected chi connectivity index (χ0v) is 14.5. The number of hydrogen-bond acceptors (Lipinski definition) is 6. The minimum absolute atomic E-state index is 0.0583. The van der Waals surface area contributed by atoms with Crippen molar-refractivity contribution in [1.82, 2.24) is 0 Å². The summed E-state index contributed by atoms with van der Waals surface area (Å²) in [6.45, 7) is -0.0583. The molecule has 0 fully saturated rings. The lowest BCUT2D eigenvalue weighted by molar-refractivity contribution is -0.118. The first-order chi connectivity index (χ1) is 12.5. The molecule has 1 aliphatic heterocycles. The number of rotatable bonds is 5. The fourth-order valence-electron chi connectivity index (χ4n) is 2.57. The zero-order chi connectivity index (χ0) is 18.7. The van der Waals surface area contributed by atoms with Crippen molar-refractivity contribution < 1.29 is 28.5 Å². The van der Waals surface area contributed by atoms with Gasteiger partial charge in [-0.25, -0.2) is 0 Å². The molecule has 0 aromatic heterocycles. The van der Waals surface area contributed by atoms with Crippen LogP contribution in [0, 0.1) is 0 Å². The largest absolute Gasteiger partial charge is 0.493 e. The molecule has 2 N–H and O–H groups in total. The molecule has 1 heterocycles. The number of benzene rings is 2. The van der Waals surface area contributed by atoms with Gasteiger partial charge in [0.2, 0.25) is 5.75 Å². The summed E-state index contributed by atoms with van der Waals surface area (Å²) in [5.41, 5.74) is 1.43. The van der Waals surface area contributed by atoms with Crippen molar-refractivity contribution in [1.29, 1.82) is 0 Å². The van der Waals surface area contributed by atoms with E-state index in [2.05, 4.69) is 10.6 Å². The minimum atomic E-state index is -0.357. The average Bonchev–Trinajstić information content (AvgIpc) is 2.66. The number of ether oxygens (including phenoxy) is 4. The van der Waals surface area contributed by atoms with E-state index in [1.165, 1.54) is 21.3 Å². The molecule has 2 amide bonds. The van der Waals surface area contributed by atoms with Crippen molar-refractivity contribution in [2.24, 2.45) is 0 Å². The van der Waals surface area contributed by atoms with E-state index in [0.29, 0.717) is 39.9 Å². The Morgan fingerprint density at radius 3 is 2.38 bits per heavy atom. The maximum absolute atomic E-state index is 12.6. The minimum Gasteiger partial charge on any atom is -0.493 e. The molecule has 0 unspecified atom stereocenters. The van der Waals surface area contributed by atoms with Crippen LogP contribution < -0.4 is 29.6 Å². The molecule has 2 aromatic rings. The first-order valence-corrected chi connectivity index (χ1v) is 7.73. The van der Waals surface area contributed by atoms with Crippen LogP contribution in [-0.4, -0.2) is 39.8 Å². The molecule has 0 aliphatic carbocycles. The van der Waals surface area contributed by atoms with E-state index < -0.39 is 0 Å². The average molecular weight is 358 g/mol. The van der Waals surface area contributed by atoms with E-state index in [-0.39, 0.29) is 18.4 Å². The topological polar surface area (TPSA) is 95.1 Å². The number of fused-ring (bicyclic) bond motifs is 1. The van der Waals surface area contributed by atoms with Gasteiger partial charge >= 0.3 is 0 Å². The molecule has 3 rings (SSSR count). The summed E-state index contributed by atoms with van der Waals surface area (Å²) in [5.74, 6) is 1.09. The van der Waals surface area contributed by atoms with Gasteiger partial charge in [0.15, 0.2) is 18.1 Å². The lowest BCUT2D eigenvalue weighted by atomic mass is 10.1. The molecule has 2 aromatic carbocycles. The van der Waals surface area contributed by atoms with E-state index in [9.17, 15) is 9.59 Å². The maximum atomic E-state index is 12.6. The number of methoxy groups -OCH3 is 3. The van der Waals surface area contributed by atoms with Crippen LogP contribution in [0.2, 0.25) is 0 Å². The fourth-order valence-corrected chi connectivity index (χ4v) is 2.57. The summed E-state index contributed by atoms with van der Waals surface area (Å²) >= 11 is 0. The molecule has 0 atom stereocenters. The van der Waals surface area contributed by atoms with Gasteiger partial charge in [0.1, 0.15) is 5.75 Å². The summed E-state index contributed by atoms with van der Waals surface area (Å²) in [4.78, 5) is 23.9. The zero-order valence-electron chi connectivity index (χ0n) is 14.5. The number of amides is 2. The van der Waals surface area contributed by atoms with Crippen LogP contribution in [0.25, 0.3) is 0 Å². The lowest BCUT2D eigenvalue weighted by Crippen LogP contribution is -2.25. The third kappa shape index (κ3) is 3.34. The van der Waals surface area contributed by atoms with Crippen LogP contribution in [0.3, 0.4) is 0 Å². The molecular formula is C18H18N2O6. The molecule has 8 heteroatoms. The highest BCUT2D eigenvalue weighted by Crippen LogP contribution is 2.38. The van der Waals surface area contributed by atoms with E-state index in [1.54, 1.807) is 30.3 Å². The van der Waals surface area contributed by atoms with Gasteiger partial charge in [0.05, 0.1) is 27.0 Å². The van der Waals surface area contributed by atoms with Crippen LogP contribution in [0.1, 0.15) is 10.4 Å². The van der Waals surface area contributed by atoms with E-state index in [1.807, 2.05) is 0 Å². The molecule has 1 aliphatic rings. The number of carbonyl (C=O) groups excluding carboxylic acids is 2. The van der Waals surface area contributed by atoms with Gasteiger partial charge < -0.3 is 29.6 Å². The Labute approximate surface area is 150 Å². The predicted molar refractivity (Wildman–Crippen MR) is 94.6 cm³/mol. The number of anilines is 2. The van der Waals surface area contributed by atoms with Crippen molar-refractivity contribution in [2.45, 2.75) is 0 Å². The number of carbonyl (C=O) groups is 2. The monoisotopic (exact) mass is 358 g/mol. The summed E-state index contributed by atoms with van der Waals surface area (Å²) in [7, 11) is 4.45. The molecule has 136 valence electrons. The Bertz CT molecular complexity index is 840. The van der Waals surface area contributed by atoms with Gasteiger partial charge in [-0.15, -0.1) is 0 Å². The van der Waals surface area contributed by atoms with Gasteiger partial charge in [-0.05, 0) is 24.3 Å². The quantitative estimate of drug-likeness (QED) is 0.852. The smallest absolute Gasteiger partial charge is 0.262 e. The van der Waals surface area contributed by atoms with Crippen molar-refractivity contribution in [3.8, 4) is 23.0 Å². The second-order valence-electron chi connectivity index (χ2n) is 5.42. The van der Waals surface area contributed by atoms with Crippen molar-refractivity contribution in [3.05, 3.63) is 35.9 Å². The second-order valence-corrected chi connectivity index (χ2v) is 5.42. The molecule has 0 radical (unpaired) electrons. The highest BCUT2D eigenvalue weighted by atomic mass is 16.5. The number of nitrogens with one attached hydrogen (secondary N) is 2. The predicted octanol–water partition coefficient (Wildman–Crippen LogP) is 2.30. The SMILES string of the molecule is COc1cc(C(=O)Nc2ccc3c(c2)OCC(=O)N3)cc(OC)c1OC. The third-order valence-corrected chi connectivity index (χ3v) is 3.80. The second kappa shape index (κ2) is 7.22. The van der Waals surface area contributed by atoms with E-state index in [4.69, 9.17) is 18.9 Å². The Morgan fingerprint density at radius 1 is 1.08 bits per heavy atom.